The summed E-state index contributed by atoms with van der Waals surface area (Å²) in [5.74, 6) is 0. The summed E-state index contributed by atoms with van der Waals surface area (Å²) in [5.41, 5.74) is 7.27. The van der Waals surface area contributed by atoms with Crippen LogP contribution in [0.4, 0.5) is 0 Å². The summed E-state index contributed by atoms with van der Waals surface area (Å²) in [6.07, 6.45) is 3.64. The minimum absolute atomic E-state index is 0.400. The van der Waals surface area contributed by atoms with Gasteiger partial charge in [0.2, 0.25) is 0 Å². The summed E-state index contributed by atoms with van der Waals surface area (Å²) in [6, 6.07) is 0. The van der Waals surface area contributed by atoms with Gasteiger partial charge in [0, 0.05) is 6.54 Å². The molecule has 0 radical (unpaired) electrons. The molecule has 0 spiro atoms. The van der Waals surface area contributed by atoms with Crippen LogP contribution in [0.15, 0.2) is 12.2 Å². The first-order valence-corrected chi connectivity index (χ1v) is 6.48. The normalized spacial score (nSPS) is 12.1. The predicted molar refractivity (Wildman–Crippen MR) is 73.6 cm³/mol. The highest BCUT2D eigenvalue weighted by atomic mass is 15.1. The molecule has 0 saturated carbocycles. The molecule has 0 rings (SSSR count). The van der Waals surface area contributed by atoms with Gasteiger partial charge in [0.1, 0.15) is 0 Å². The van der Waals surface area contributed by atoms with E-state index in [4.69, 9.17) is 5.73 Å². The maximum Gasteiger partial charge on any atom is 0.0187 e. The molecule has 0 aromatic rings. The van der Waals surface area contributed by atoms with Gasteiger partial charge in [0.15, 0.2) is 0 Å². The van der Waals surface area contributed by atoms with Crippen molar-refractivity contribution in [3.63, 3.8) is 0 Å². The predicted octanol–water partition coefficient (Wildman–Crippen LogP) is 3.04. The van der Waals surface area contributed by atoms with Crippen LogP contribution in [0.1, 0.15) is 47.0 Å². The molecule has 2 heteroatoms. The molecule has 0 fully saturated rings. The van der Waals surface area contributed by atoms with E-state index >= 15 is 0 Å². The molecule has 0 unspecified atom stereocenters. The fourth-order valence-corrected chi connectivity index (χ4v) is 2.03. The van der Waals surface area contributed by atoms with E-state index in [0.29, 0.717) is 5.41 Å². The zero-order valence-corrected chi connectivity index (χ0v) is 11.7. The molecule has 2 nitrogen and oxygen atoms in total. The fourth-order valence-electron chi connectivity index (χ4n) is 2.03. The Hall–Kier alpha value is -0.340. The minimum atomic E-state index is 0.400. The lowest BCUT2D eigenvalue weighted by atomic mass is 9.84. The third-order valence-electron chi connectivity index (χ3n) is 3.09. The van der Waals surface area contributed by atoms with Crippen LogP contribution >= 0.6 is 0 Å². The Morgan fingerprint density at radius 3 is 2.38 bits per heavy atom. The molecule has 0 saturated heterocycles. The van der Waals surface area contributed by atoms with E-state index in [1.807, 2.05) is 0 Å². The Morgan fingerprint density at radius 1 is 1.31 bits per heavy atom. The van der Waals surface area contributed by atoms with E-state index in [1.165, 1.54) is 25.0 Å². The van der Waals surface area contributed by atoms with Crippen LogP contribution in [-0.4, -0.2) is 31.1 Å². The summed E-state index contributed by atoms with van der Waals surface area (Å²) in [6.45, 7) is 17.0. The molecule has 96 valence electrons. The Morgan fingerprint density at radius 2 is 1.94 bits per heavy atom. The van der Waals surface area contributed by atoms with Gasteiger partial charge in [0.05, 0.1) is 0 Å². The van der Waals surface area contributed by atoms with Crippen molar-refractivity contribution in [2.75, 3.05) is 26.2 Å². The van der Waals surface area contributed by atoms with Crippen LogP contribution in [0.5, 0.6) is 0 Å². The lowest BCUT2D eigenvalue weighted by molar-refractivity contribution is 0.253. The monoisotopic (exact) mass is 226 g/mol. The van der Waals surface area contributed by atoms with Crippen molar-refractivity contribution in [3.8, 4) is 0 Å². The van der Waals surface area contributed by atoms with Crippen LogP contribution < -0.4 is 5.73 Å². The largest absolute Gasteiger partial charge is 0.330 e. The second kappa shape index (κ2) is 7.86. The van der Waals surface area contributed by atoms with Crippen LogP contribution in [0, 0.1) is 5.41 Å². The van der Waals surface area contributed by atoms with E-state index in [2.05, 4.69) is 39.2 Å². The quantitative estimate of drug-likeness (QED) is 0.612. The number of likely N-dealkylation sites (N-methyl/N-ethyl adjacent to an activating group) is 1. The summed E-state index contributed by atoms with van der Waals surface area (Å²) in [5, 5.41) is 0. The van der Waals surface area contributed by atoms with Gasteiger partial charge in [-0.25, -0.2) is 0 Å². The van der Waals surface area contributed by atoms with E-state index in [9.17, 15) is 0 Å². The molecule has 0 aliphatic heterocycles. The van der Waals surface area contributed by atoms with E-state index < -0.39 is 0 Å². The first-order chi connectivity index (χ1) is 7.41. The van der Waals surface area contributed by atoms with Crippen molar-refractivity contribution in [3.05, 3.63) is 12.2 Å². The van der Waals surface area contributed by atoms with Gasteiger partial charge in [-0.1, -0.05) is 32.9 Å². The minimum Gasteiger partial charge on any atom is -0.330 e. The summed E-state index contributed by atoms with van der Waals surface area (Å²) < 4.78 is 0. The highest BCUT2D eigenvalue weighted by molar-refractivity contribution is 4.91. The second-order valence-corrected chi connectivity index (χ2v) is 5.63. The first kappa shape index (κ1) is 15.7. The van der Waals surface area contributed by atoms with E-state index in [-0.39, 0.29) is 0 Å². The number of nitrogens with zero attached hydrogens (tertiary/aromatic N) is 1. The third-order valence-corrected chi connectivity index (χ3v) is 3.09. The molecule has 0 aliphatic carbocycles. The SMILES string of the molecule is C=C(C)CN(CC)CCCC(C)(C)CCN. The average molecular weight is 226 g/mol. The summed E-state index contributed by atoms with van der Waals surface area (Å²) in [4.78, 5) is 2.46. The highest BCUT2D eigenvalue weighted by Gasteiger charge is 2.16. The standard InChI is InChI=1S/C14H30N2/c1-6-16(12-13(2)3)11-7-8-14(4,5)9-10-15/h2,6-12,15H2,1,3-5H3. The van der Waals surface area contributed by atoms with Gasteiger partial charge in [-0.15, -0.1) is 0 Å². The third kappa shape index (κ3) is 7.89. The molecule has 0 amide bonds. The average Bonchev–Trinajstić information content (AvgIpc) is 2.15. The Balaban J connectivity index is 3.81. The maximum absolute atomic E-state index is 5.62. The molecule has 0 bridgehead atoms. The van der Waals surface area contributed by atoms with Gasteiger partial charge in [0.25, 0.3) is 0 Å². The molecule has 2 N–H and O–H groups in total. The fraction of sp³-hybridized carbons (Fsp3) is 0.857. The Bertz CT molecular complexity index is 197. The summed E-state index contributed by atoms with van der Waals surface area (Å²) >= 11 is 0. The summed E-state index contributed by atoms with van der Waals surface area (Å²) in [7, 11) is 0. The molecular formula is C14H30N2. The zero-order chi connectivity index (χ0) is 12.6. The lowest BCUT2D eigenvalue weighted by Gasteiger charge is -2.26. The number of nitrogens with two attached hydrogens (primary N) is 1. The second-order valence-electron chi connectivity index (χ2n) is 5.63. The van der Waals surface area contributed by atoms with Crippen molar-refractivity contribution >= 4 is 0 Å². The maximum atomic E-state index is 5.62. The van der Waals surface area contributed by atoms with Crippen molar-refractivity contribution in [1.29, 1.82) is 0 Å². The number of hydrogen-bond acceptors (Lipinski definition) is 2. The Labute approximate surface area is 102 Å². The molecule has 0 atom stereocenters. The van der Waals surface area contributed by atoms with Gasteiger partial charge < -0.3 is 5.73 Å². The van der Waals surface area contributed by atoms with Crippen molar-refractivity contribution < 1.29 is 0 Å². The number of rotatable bonds is 9. The topological polar surface area (TPSA) is 29.3 Å². The molecule has 0 aliphatic rings. The van der Waals surface area contributed by atoms with Crippen molar-refractivity contribution in [2.24, 2.45) is 11.1 Å². The smallest absolute Gasteiger partial charge is 0.0187 e. The van der Waals surface area contributed by atoms with Crippen LogP contribution in [0.3, 0.4) is 0 Å². The van der Waals surface area contributed by atoms with Crippen LogP contribution in [0.25, 0.3) is 0 Å². The van der Waals surface area contributed by atoms with Crippen LogP contribution in [-0.2, 0) is 0 Å². The zero-order valence-electron chi connectivity index (χ0n) is 11.7. The van der Waals surface area contributed by atoms with E-state index in [1.54, 1.807) is 0 Å². The van der Waals surface area contributed by atoms with Gasteiger partial charge >= 0.3 is 0 Å². The molecule has 0 aromatic carbocycles. The molecule has 0 heterocycles. The van der Waals surface area contributed by atoms with Gasteiger partial charge in [-0.2, -0.15) is 0 Å². The van der Waals surface area contributed by atoms with Crippen molar-refractivity contribution in [2.45, 2.75) is 47.0 Å². The van der Waals surface area contributed by atoms with Crippen LogP contribution in [0.2, 0.25) is 0 Å². The molecule has 0 aromatic heterocycles. The van der Waals surface area contributed by atoms with Gasteiger partial charge in [-0.3, -0.25) is 4.90 Å². The number of hydrogen-bond donors (Lipinski definition) is 1. The lowest BCUT2D eigenvalue weighted by Crippen LogP contribution is -2.27. The Kier molecular flexibility index (Phi) is 7.69. The highest BCUT2D eigenvalue weighted by Crippen LogP contribution is 2.25. The first-order valence-electron chi connectivity index (χ1n) is 6.48. The molecular weight excluding hydrogens is 196 g/mol. The van der Waals surface area contributed by atoms with Crippen molar-refractivity contribution in [1.82, 2.24) is 4.90 Å². The molecule has 16 heavy (non-hydrogen) atoms. The van der Waals surface area contributed by atoms with Gasteiger partial charge in [-0.05, 0) is 51.2 Å². The van der Waals surface area contributed by atoms with E-state index in [0.717, 1.165) is 26.1 Å².